The van der Waals surface area contributed by atoms with Gasteiger partial charge in [0.25, 0.3) is 0 Å². The van der Waals surface area contributed by atoms with Crippen molar-refractivity contribution in [2.75, 3.05) is 12.4 Å². The maximum atomic E-state index is 12.2. The number of hydrogen-bond donors (Lipinski definition) is 2. The average Bonchev–Trinajstić information content (AvgIpc) is 3.01. The standard InChI is InChI=1S/C20H20N4O3S/c1-13-4-3-5-15(10-13)22-18(25)11-17-19(26)23-20(28-17)24-21-12-14-6-8-16(27-2)9-7-14/h3-10,12,17H,11H2,1-2H3,(H,22,25)(H,23,24,26)/b21-12-. The lowest BCUT2D eigenvalue weighted by atomic mass is 10.2. The van der Waals surface area contributed by atoms with Crippen LogP contribution in [0.25, 0.3) is 0 Å². The van der Waals surface area contributed by atoms with Gasteiger partial charge in [-0.1, -0.05) is 23.9 Å². The van der Waals surface area contributed by atoms with E-state index < -0.39 is 5.25 Å². The zero-order valence-corrected chi connectivity index (χ0v) is 16.3. The van der Waals surface area contributed by atoms with Crippen molar-refractivity contribution < 1.29 is 14.3 Å². The molecule has 8 heteroatoms. The quantitative estimate of drug-likeness (QED) is 0.580. The summed E-state index contributed by atoms with van der Waals surface area (Å²) in [5, 5.41) is 13.3. The molecule has 2 aromatic rings. The van der Waals surface area contributed by atoms with Crippen LogP contribution >= 0.6 is 11.8 Å². The van der Waals surface area contributed by atoms with Gasteiger partial charge in [-0.25, -0.2) is 0 Å². The molecule has 1 aliphatic rings. The second-order valence-electron chi connectivity index (χ2n) is 6.14. The largest absolute Gasteiger partial charge is 0.497 e. The van der Waals surface area contributed by atoms with E-state index in [1.165, 1.54) is 11.8 Å². The molecule has 1 fully saturated rings. The highest BCUT2D eigenvalue weighted by Gasteiger charge is 2.32. The zero-order valence-electron chi connectivity index (χ0n) is 15.5. The maximum absolute atomic E-state index is 12.2. The van der Waals surface area contributed by atoms with E-state index in [9.17, 15) is 9.59 Å². The first-order chi connectivity index (χ1) is 13.5. The molecule has 1 aliphatic heterocycles. The second kappa shape index (κ2) is 9.18. The number of methoxy groups -OCH3 is 1. The van der Waals surface area contributed by atoms with Gasteiger partial charge in [0.1, 0.15) is 11.0 Å². The van der Waals surface area contributed by atoms with E-state index in [-0.39, 0.29) is 18.2 Å². The number of thioether (sulfide) groups is 1. The van der Waals surface area contributed by atoms with Crippen LogP contribution in [0.1, 0.15) is 17.5 Å². The Hall–Kier alpha value is -3.13. The van der Waals surface area contributed by atoms with E-state index in [0.29, 0.717) is 10.9 Å². The van der Waals surface area contributed by atoms with Gasteiger partial charge in [-0.05, 0) is 54.4 Å². The average molecular weight is 396 g/mol. The highest BCUT2D eigenvalue weighted by Crippen LogP contribution is 2.23. The summed E-state index contributed by atoms with van der Waals surface area (Å²) in [7, 11) is 1.60. The fourth-order valence-corrected chi connectivity index (χ4v) is 3.45. The Kier molecular flexibility index (Phi) is 6.44. The minimum absolute atomic E-state index is 0.0612. The maximum Gasteiger partial charge on any atom is 0.240 e. The van der Waals surface area contributed by atoms with E-state index >= 15 is 0 Å². The fourth-order valence-electron chi connectivity index (χ4n) is 2.53. The van der Waals surface area contributed by atoms with Crippen molar-refractivity contribution in [2.24, 2.45) is 10.2 Å². The number of rotatable bonds is 6. The van der Waals surface area contributed by atoms with Crippen LogP contribution < -0.4 is 15.4 Å². The molecule has 0 bridgehead atoms. The van der Waals surface area contributed by atoms with Crippen molar-refractivity contribution in [1.82, 2.24) is 5.32 Å². The topological polar surface area (TPSA) is 92.2 Å². The van der Waals surface area contributed by atoms with Crippen molar-refractivity contribution in [2.45, 2.75) is 18.6 Å². The smallest absolute Gasteiger partial charge is 0.240 e. The number of nitrogens with zero attached hydrogens (tertiary/aromatic N) is 2. The number of carbonyl (C=O) groups is 2. The number of carbonyl (C=O) groups excluding carboxylic acids is 2. The van der Waals surface area contributed by atoms with Crippen molar-refractivity contribution in [3.63, 3.8) is 0 Å². The Balaban J connectivity index is 1.54. The summed E-state index contributed by atoms with van der Waals surface area (Å²) in [6.07, 6.45) is 1.64. The van der Waals surface area contributed by atoms with Crippen molar-refractivity contribution >= 4 is 40.6 Å². The second-order valence-corrected chi connectivity index (χ2v) is 7.33. The third kappa shape index (κ3) is 5.43. The minimum atomic E-state index is -0.528. The number of amides is 2. The van der Waals surface area contributed by atoms with Crippen LogP contribution in [0.5, 0.6) is 5.75 Å². The number of benzene rings is 2. The SMILES string of the molecule is COc1ccc(/C=N\N=C2/NC(=O)C(CC(=O)Nc3cccc(C)c3)S2)cc1. The Labute approximate surface area is 167 Å². The summed E-state index contributed by atoms with van der Waals surface area (Å²) < 4.78 is 5.10. The van der Waals surface area contributed by atoms with Gasteiger partial charge in [-0.15, -0.1) is 5.10 Å². The Bertz CT molecular complexity index is 925. The van der Waals surface area contributed by atoms with Gasteiger partial charge >= 0.3 is 0 Å². The summed E-state index contributed by atoms with van der Waals surface area (Å²) in [6, 6.07) is 14.8. The molecular weight excluding hydrogens is 376 g/mol. The van der Waals surface area contributed by atoms with Crippen LogP contribution in [0.3, 0.4) is 0 Å². The van der Waals surface area contributed by atoms with Crippen LogP contribution in [0.15, 0.2) is 58.7 Å². The molecule has 144 valence electrons. The molecule has 1 atom stereocenters. The van der Waals surface area contributed by atoms with Gasteiger partial charge in [-0.3, -0.25) is 9.59 Å². The first-order valence-electron chi connectivity index (χ1n) is 8.62. The molecule has 28 heavy (non-hydrogen) atoms. The first kappa shape index (κ1) is 19.6. The minimum Gasteiger partial charge on any atom is -0.497 e. The summed E-state index contributed by atoms with van der Waals surface area (Å²) in [5.41, 5.74) is 2.62. The van der Waals surface area contributed by atoms with Crippen LogP contribution in [0.2, 0.25) is 0 Å². The molecule has 1 unspecified atom stereocenters. The normalized spacial score (nSPS) is 17.7. The molecule has 0 spiro atoms. The molecule has 2 amide bonds. The third-order valence-corrected chi connectivity index (χ3v) is 4.99. The van der Waals surface area contributed by atoms with Gasteiger partial charge in [0.05, 0.1) is 13.3 Å². The molecular formula is C20H20N4O3S. The lowest BCUT2D eigenvalue weighted by molar-refractivity contribution is -0.122. The van der Waals surface area contributed by atoms with Gasteiger partial charge in [0.2, 0.25) is 11.8 Å². The Morgan fingerprint density at radius 1 is 1.29 bits per heavy atom. The van der Waals surface area contributed by atoms with E-state index in [4.69, 9.17) is 4.74 Å². The first-order valence-corrected chi connectivity index (χ1v) is 9.50. The molecule has 0 saturated carbocycles. The molecule has 2 aromatic carbocycles. The predicted octanol–water partition coefficient (Wildman–Crippen LogP) is 2.95. The van der Waals surface area contributed by atoms with Crippen molar-refractivity contribution in [3.05, 3.63) is 59.7 Å². The fraction of sp³-hybridized carbons (Fsp3) is 0.200. The molecule has 0 aromatic heterocycles. The number of anilines is 1. The van der Waals surface area contributed by atoms with Crippen LogP contribution in [-0.2, 0) is 9.59 Å². The molecule has 7 nitrogen and oxygen atoms in total. The Morgan fingerprint density at radius 3 is 2.79 bits per heavy atom. The van der Waals surface area contributed by atoms with Crippen LogP contribution in [0.4, 0.5) is 5.69 Å². The molecule has 2 N–H and O–H groups in total. The number of amidine groups is 1. The molecule has 3 rings (SSSR count). The number of ether oxygens (including phenoxy) is 1. The monoisotopic (exact) mass is 396 g/mol. The molecule has 1 saturated heterocycles. The molecule has 0 aliphatic carbocycles. The Morgan fingerprint density at radius 2 is 2.07 bits per heavy atom. The van der Waals surface area contributed by atoms with Gasteiger partial charge < -0.3 is 15.4 Å². The molecule has 1 heterocycles. The third-order valence-electron chi connectivity index (χ3n) is 3.92. The molecule has 0 radical (unpaired) electrons. The lowest BCUT2D eigenvalue weighted by Crippen LogP contribution is -2.28. The van der Waals surface area contributed by atoms with Crippen molar-refractivity contribution in [1.29, 1.82) is 0 Å². The van der Waals surface area contributed by atoms with E-state index in [1.54, 1.807) is 13.3 Å². The summed E-state index contributed by atoms with van der Waals surface area (Å²) in [6.45, 7) is 1.95. The van der Waals surface area contributed by atoms with E-state index in [1.807, 2.05) is 55.5 Å². The zero-order chi connectivity index (χ0) is 19.9. The highest BCUT2D eigenvalue weighted by atomic mass is 32.2. The van der Waals surface area contributed by atoms with E-state index in [0.717, 1.165) is 16.9 Å². The van der Waals surface area contributed by atoms with Crippen LogP contribution in [0, 0.1) is 6.92 Å². The van der Waals surface area contributed by atoms with Gasteiger partial charge in [-0.2, -0.15) is 5.10 Å². The number of aryl methyl sites for hydroxylation is 1. The van der Waals surface area contributed by atoms with Crippen LogP contribution in [-0.4, -0.2) is 35.6 Å². The van der Waals surface area contributed by atoms with E-state index in [2.05, 4.69) is 20.8 Å². The number of hydrogen-bond acceptors (Lipinski definition) is 6. The highest BCUT2D eigenvalue weighted by molar-refractivity contribution is 8.15. The van der Waals surface area contributed by atoms with Gasteiger partial charge in [0, 0.05) is 12.1 Å². The summed E-state index contributed by atoms with van der Waals surface area (Å²) in [5.74, 6) is 0.290. The number of nitrogens with one attached hydrogen (secondary N) is 2. The van der Waals surface area contributed by atoms with Gasteiger partial charge in [0.15, 0.2) is 5.17 Å². The summed E-state index contributed by atoms with van der Waals surface area (Å²) in [4.78, 5) is 24.3. The predicted molar refractivity (Wildman–Crippen MR) is 112 cm³/mol. The summed E-state index contributed by atoms with van der Waals surface area (Å²) >= 11 is 1.20. The lowest BCUT2D eigenvalue weighted by Gasteiger charge is -2.07. The van der Waals surface area contributed by atoms with Crippen molar-refractivity contribution in [3.8, 4) is 5.75 Å².